The summed E-state index contributed by atoms with van der Waals surface area (Å²) >= 11 is 0. The van der Waals surface area contributed by atoms with Gasteiger partial charge in [-0.3, -0.25) is 5.10 Å². The van der Waals surface area contributed by atoms with E-state index < -0.39 is 0 Å². The highest BCUT2D eigenvalue weighted by molar-refractivity contribution is 5.77. The van der Waals surface area contributed by atoms with Crippen molar-refractivity contribution in [3.05, 3.63) is 36.2 Å². The van der Waals surface area contributed by atoms with Gasteiger partial charge in [-0.1, -0.05) is 0 Å². The van der Waals surface area contributed by atoms with Crippen LogP contribution < -0.4 is 10.1 Å². The molecular weight excluding hydrogens is 375 g/mol. The zero-order valence-electron chi connectivity index (χ0n) is 16.7. The highest BCUT2D eigenvalue weighted by atomic mass is 19.1. The number of fused-ring (bicyclic) bond motifs is 1. The lowest BCUT2D eigenvalue weighted by Crippen LogP contribution is -2.35. The number of H-pyrrole nitrogens is 2. The summed E-state index contributed by atoms with van der Waals surface area (Å²) in [5.41, 5.74) is 2.21. The standard InChI is InChI=1S/C20H27FN6O2/c1-27(2)6-4-8-28-18-10-17-16(9-15(18)21)25-19(26-17)14-5-3-7-29-20(14)24-13-11-22-23-12-13/h9-12,14,20,24H,3-8H2,1-2H3,(H,22,23)(H,25,26). The third-order valence-corrected chi connectivity index (χ3v) is 5.04. The molecule has 156 valence electrons. The van der Waals surface area contributed by atoms with E-state index in [1.807, 2.05) is 14.1 Å². The third-order valence-electron chi connectivity index (χ3n) is 5.04. The molecule has 3 heterocycles. The molecule has 0 amide bonds. The first-order valence-corrected chi connectivity index (χ1v) is 9.94. The summed E-state index contributed by atoms with van der Waals surface area (Å²) in [5, 5.41) is 10.1. The van der Waals surface area contributed by atoms with Crippen molar-refractivity contribution < 1.29 is 13.9 Å². The molecule has 0 aliphatic carbocycles. The first-order chi connectivity index (χ1) is 14.1. The van der Waals surface area contributed by atoms with Gasteiger partial charge >= 0.3 is 0 Å². The number of anilines is 1. The fraction of sp³-hybridized carbons (Fsp3) is 0.500. The number of hydrogen-bond acceptors (Lipinski definition) is 6. The van der Waals surface area contributed by atoms with Gasteiger partial charge < -0.3 is 24.7 Å². The Morgan fingerprint density at radius 1 is 1.38 bits per heavy atom. The molecule has 0 spiro atoms. The van der Waals surface area contributed by atoms with Gasteiger partial charge in [0.2, 0.25) is 0 Å². The van der Waals surface area contributed by atoms with Gasteiger partial charge in [-0.25, -0.2) is 9.37 Å². The van der Waals surface area contributed by atoms with Crippen LogP contribution in [0.15, 0.2) is 24.5 Å². The smallest absolute Gasteiger partial charge is 0.167 e. The molecule has 0 radical (unpaired) electrons. The summed E-state index contributed by atoms with van der Waals surface area (Å²) in [6, 6.07) is 3.12. The average molecular weight is 402 g/mol. The Balaban J connectivity index is 1.51. The summed E-state index contributed by atoms with van der Waals surface area (Å²) in [4.78, 5) is 10.1. The van der Waals surface area contributed by atoms with Crippen molar-refractivity contribution >= 4 is 16.7 Å². The van der Waals surface area contributed by atoms with Crippen LogP contribution in [0.4, 0.5) is 10.1 Å². The van der Waals surface area contributed by atoms with E-state index in [9.17, 15) is 4.39 Å². The molecule has 2 atom stereocenters. The fourth-order valence-corrected chi connectivity index (χ4v) is 3.58. The second-order valence-corrected chi connectivity index (χ2v) is 7.60. The van der Waals surface area contributed by atoms with Gasteiger partial charge in [0.15, 0.2) is 11.6 Å². The number of rotatable bonds is 8. The number of benzene rings is 1. The summed E-state index contributed by atoms with van der Waals surface area (Å²) in [7, 11) is 4.00. The molecule has 1 aliphatic rings. The predicted octanol–water partition coefficient (Wildman–Crippen LogP) is 3.09. The van der Waals surface area contributed by atoms with E-state index in [2.05, 4.69) is 25.4 Å². The maximum absolute atomic E-state index is 14.5. The van der Waals surface area contributed by atoms with Gasteiger partial charge in [-0.15, -0.1) is 0 Å². The van der Waals surface area contributed by atoms with Crippen LogP contribution in [0.5, 0.6) is 5.75 Å². The Bertz CT molecular complexity index is 927. The number of nitrogens with zero attached hydrogens (tertiary/aromatic N) is 3. The van der Waals surface area contributed by atoms with Gasteiger partial charge in [0, 0.05) is 31.5 Å². The molecule has 1 aromatic carbocycles. The average Bonchev–Trinajstić information content (AvgIpc) is 3.35. The molecular formula is C20H27FN6O2. The highest BCUT2D eigenvalue weighted by Crippen LogP contribution is 2.32. The van der Waals surface area contributed by atoms with E-state index >= 15 is 0 Å². The second-order valence-electron chi connectivity index (χ2n) is 7.60. The topological polar surface area (TPSA) is 91.1 Å². The van der Waals surface area contributed by atoms with Crippen molar-refractivity contribution in [2.75, 3.05) is 39.2 Å². The van der Waals surface area contributed by atoms with Crippen molar-refractivity contribution in [1.29, 1.82) is 0 Å². The summed E-state index contributed by atoms with van der Waals surface area (Å²) in [5.74, 6) is 0.663. The van der Waals surface area contributed by atoms with Crippen molar-refractivity contribution in [3.63, 3.8) is 0 Å². The number of halogens is 1. The fourth-order valence-electron chi connectivity index (χ4n) is 3.58. The maximum Gasteiger partial charge on any atom is 0.167 e. The van der Waals surface area contributed by atoms with Gasteiger partial charge in [0.1, 0.15) is 12.1 Å². The lowest BCUT2D eigenvalue weighted by Gasteiger charge is -2.31. The minimum atomic E-state index is -0.384. The molecule has 8 nitrogen and oxygen atoms in total. The van der Waals surface area contributed by atoms with Crippen LogP contribution in [0.2, 0.25) is 0 Å². The molecule has 4 rings (SSSR count). The zero-order valence-corrected chi connectivity index (χ0v) is 16.7. The lowest BCUT2D eigenvalue weighted by atomic mass is 9.98. The molecule has 3 N–H and O–H groups in total. The van der Waals surface area contributed by atoms with E-state index in [-0.39, 0.29) is 23.7 Å². The van der Waals surface area contributed by atoms with Crippen LogP contribution in [0.1, 0.15) is 31.0 Å². The number of hydrogen-bond donors (Lipinski definition) is 3. The van der Waals surface area contributed by atoms with Gasteiger partial charge in [-0.2, -0.15) is 5.10 Å². The number of imidazole rings is 1. The molecule has 2 unspecified atom stereocenters. The van der Waals surface area contributed by atoms with Crippen molar-refractivity contribution in [1.82, 2.24) is 25.1 Å². The predicted molar refractivity (Wildman–Crippen MR) is 109 cm³/mol. The largest absolute Gasteiger partial charge is 0.490 e. The molecule has 0 bridgehead atoms. The third kappa shape index (κ3) is 4.68. The van der Waals surface area contributed by atoms with Crippen LogP contribution in [0, 0.1) is 5.82 Å². The Morgan fingerprint density at radius 2 is 2.28 bits per heavy atom. The SMILES string of the molecule is CN(C)CCCOc1cc2nc(C3CCCOC3Nc3cn[nH]c3)[nH]c2cc1F. The van der Waals surface area contributed by atoms with E-state index in [0.717, 1.165) is 37.3 Å². The Labute approximate surface area is 168 Å². The maximum atomic E-state index is 14.5. The van der Waals surface area contributed by atoms with Crippen LogP contribution in [0.25, 0.3) is 11.0 Å². The minimum Gasteiger partial charge on any atom is -0.490 e. The molecule has 9 heteroatoms. The van der Waals surface area contributed by atoms with Crippen LogP contribution >= 0.6 is 0 Å². The quantitative estimate of drug-likeness (QED) is 0.502. The molecule has 29 heavy (non-hydrogen) atoms. The van der Waals surface area contributed by atoms with Crippen molar-refractivity contribution in [2.24, 2.45) is 0 Å². The van der Waals surface area contributed by atoms with Crippen LogP contribution in [0.3, 0.4) is 0 Å². The summed E-state index contributed by atoms with van der Waals surface area (Å²) < 4.78 is 26.0. The first kappa shape index (κ1) is 19.7. The van der Waals surface area contributed by atoms with Crippen molar-refractivity contribution in [2.45, 2.75) is 31.4 Å². The number of nitrogens with one attached hydrogen (secondary N) is 3. The monoisotopic (exact) mass is 402 g/mol. The molecule has 0 saturated carbocycles. The number of aromatic nitrogens is 4. The van der Waals surface area contributed by atoms with Crippen LogP contribution in [-0.4, -0.2) is 65.1 Å². The molecule has 1 saturated heterocycles. The zero-order chi connectivity index (χ0) is 20.2. The summed E-state index contributed by atoms with van der Waals surface area (Å²) in [6.07, 6.45) is 5.96. The van der Waals surface area contributed by atoms with Crippen LogP contribution in [-0.2, 0) is 4.74 Å². The number of aromatic amines is 2. The van der Waals surface area contributed by atoms with Crippen molar-refractivity contribution in [3.8, 4) is 5.75 Å². The molecule has 3 aromatic rings. The van der Waals surface area contributed by atoms with E-state index in [1.165, 1.54) is 6.07 Å². The first-order valence-electron chi connectivity index (χ1n) is 9.94. The number of ether oxygens (including phenoxy) is 2. The second kappa shape index (κ2) is 8.79. The minimum absolute atomic E-state index is 0.0265. The Morgan fingerprint density at radius 3 is 3.07 bits per heavy atom. The Hall–Kier alpha value is -2.65. The van der Waals surface area contributed by atoms with Gasteiger partial charge in [0.05, 0.1) is 35.4 Å². The highest BCUT2D eigenvalue weighted by Gasteiger charge is 2.30. The Kier molecular flexibility index (Phi) is 5.96. The van der Waals surface area contributed by atoms with Gasteiger partial charge in [0.25, 0.3) is 0 Å². The van der Waals surface area contributed by atoms with E-state index in [1.54, 1.807) is 18.5 Å². The molecule has 1 fully saturated rings. The van der Waals surface area contributed by atoms with Gasteiger partial charge in [-0.05, 0) is 33.4 Å². The summed E-state index contributed by atoms with van der Waals surface area (Å²) in [6.45, 7) is 2.04. The lowest BCUT2D eigenvalue weighted by molar-refractivity contribution is 0.0155. The molecule has 1 aliphatic heterocycles. The molecule has 2 aromatic heterocycles. The van der Waals surface area contributed by atoms with E-state index in [4.69, 9.17) is 14.5 Å². The van der Waals surface area contributed by atoms with E-state index in [0.29, 0.717) is 24.2 Å². The normalized spacial score (nSPS) is 19.7.